The van der Waals surface area contributed by atoms with Crippen molar-refractivity contribution in [3.63, 3.8) is 0 Å². The smallest absolute Gasteiger partial charge is 0.295 e. The Morgan fingerprint density at radius 1 is 1.21 bits per heavy atom. The number of aliphatic hydroxyl groups is 1. The van der Waals surface area contributed by atoms with Gasteiger partial charge < -0.3 is 19.5 Å². The maximum absolute atomic E-state index is 13.1. The lowest BCUT2D eigenvalue weighted by Gasteiger charge is -2.29. The lowest BCUT2D eigenvalue weighted by atomic mass is 9.94. The molecule has 174 valence electrons. The standard InChI is InChI=1S/C25H29N3O5/c1-17-15-19(32-2)6-7-20(17)23(29)21-22(18-5-3-8-26-16-18)28(25(31)24(21)30)10-4-9-27-11-13-33-14-12-27/h3,5-8,15-16,22,29H,4,9-14H2,1-2H3/b23-21-. The van der Waals surface area contributed by atoms with Crippen molar-refractivity contribution in [2.45, 2.75) is 19.4 Å². The number of hydrogen-bond acceptors (Lipinski definition) is 7. The minimum absolute atomic E-state index is 0.0904. The van der Waals surface area contributed by atoms with Gasteiger partial charge >= 0.3 is 0 Å². The van der Waals surface area contributed by atoms with E-state index in [0.717, 1.165) is 25.2 Å². The largest absolute Gasteiger partial charge is 0.507 e. The van der Waals surface area contributed by atoms with E-state index < -0.39 is 17.7 Å². The number of Topliss-reactive ketones (excluding diaryl/α,β-unsaturated/α-hetero) is 1. The number of methoxy groups -OCH3 is 1. The fourth-order valence-electron chi connectivity index (χ4n) is 4.46. The van der Waals surface area contributed by atoms with Gasteiger partial charge in [0.2, 0.25) is 0 Å². The molecular formula is C25H29N3O5. The van der Waals surface area contributed by atoms with Crippen molar-refractivity contribution in [3.05, 3.63) is 65.0 Å². The third-order valence-electron chi connectivity index (χ3n) is 6.21. The van der Waals surface area contributed by atoms with Crippen molar-refractivity contribution < 1.29 is 24.2 Å². The Hall–Kier alpha value is -3.23. The summed E-state index contributed by atoms with van der Waals surface area (Å²) in [5.74, 6) is -0.809. The van der Waals surface area contributed by atoms with Crippen molar-refractivity contribution in [2.75, 3.05) is 46.5 Å². The Bertz CT molecular complexity index is 1050. The second kappa shape index (κ2) is 10.1. The van der Waals surface area contributed by atoms with E-state index in [1.54, 1.807) is 48.7 Å². The number of carbonyl (C=O) groups excluding carboxylic acids is 2. The molecule has 1 N–H and O–H groups in total. The van der Waals surface area contributed by atoms with E-state index in [1.165, 1.54) is 0 Å². The molecule has 2 aliphatic rings. The first-order valence-corrected chi connectivity index (χ1v) is 11.1. The topological polar surface area (TPSA) is 92.2 Å². The summed E-state index contributed by atoms with van der Waals surface area (Å²) < 4.78 is 10.6. The molecule has 4 rings (SSSR count). The summed E-state index contributed by atoms with van der Waals surface area (Å²) in [6, 6.07) is 8.11. The average molecular weight is 452 g/mol. The van der Waals surface area contributed by atoms with Crippen molar-refractivity contribution in [1.29, 1.82) is 0 Å². The van der Waals surface area contributed by atoms with Crippen molar-refractivity contribution in [3.8, 4) is 5.75 Å². The lowest BCUT2D eigenvalue weighted by Crippen LogP contribution is -2.39. The van der Waals surface area contributed by atoms with E-state index in [4.69, 9.17) is 9.47 Å². The molecule has 1 aromatic heterocycles. The Morgan fingerprint density at radius 3 is 2.67 bits per heavy atom. The quantitative estimate of drug-likeness (QED) is 0.393. The van der Waals surface area contributed by atoms with E-state index in [-0.39, 0.29) is 11.3 Å². The molecule has 2 aliphatic heterocycles. The van der Waals surface area contributed by atoms with Gasteiger partial charge in [-0.2, -0.15) is 0 Å². The van der Waals surface area contributed by atoms with Gasteiger partial charge in [0, 0.05) is 44.1 Å². The van der Waals surface area contributed by atoms with Crippen LogP contribution in [0, 0.1) is 6.92 Å². The fraction of sp³-hybridized carbons (Fsp3) is 0.400. The third kappa shape index (κ3) is 4.77. The summed E-state index contributed by atoms with van der Waals surface area (Å²) in [4.78, 5) is 34.2. The van der Waals surface area contributed by atoms with E-state index in [1.807, 2.05) is 13.0 Å². The van der Waals surface area contributed by atoms with Crippen LogP contribution >= 0.6 is 0 Å². The van der Waals surface area contributed by atoms with Gasteiger partial charge in [-0.1, -0.05) is 6.07 Å². The predicted octanol–water partition coefficient (Wildman–Crippen LogP) is 2.54. The molecule has 8 heteroatoms. The number of aryl methyl sites for hydroxylation is 1. The van der Waals surface area contributed by atoms with E-state index >= 15 is 0 Å². The number of pyridine rings is 1. The lowest BCUT2D eigenvalue weighted by molar-refractivity contribution is -0.140. The van der Waals surface area contributed by atoms with Gasteiger partial charge in [-0.15, -0.1) is 0 Å². The molecule has 3 heterocycles. The molecule has 2 aromatic rings. The highest BCUT2D eigenvalue weighted by Crippen LogP contribution is 2.40. The number of rotatable bonds is 7. The normalized spacial score (nSPS) is 20.9. The summed E-state index contributed by atoms with van der Waals surface area (Å²) >= 11 is 0. The number of likely N-dealkylation sites (tertiary alicyclic amines) is 1. The highest BCUT2D eigenvalue weighted by Gasteiger charge is 2.46. The van der Waals surface area contributed by atoms with E-state index in [2.05, 4.69) is 9.88 Å². The molecule has 1 aromatic carbocycles. The maximum atomic E-state index is 13.1. The molecule has 8 nitrogen and oxygen atoms in total. The number of ether oxygens (including phenoxy) is 2. The second-order valence-electron chi connectivity index (χ2n) is 8.27. The fourth-order valence-corrected chi connectivity index (χ4v) is 4.46. The van der Waals surface area contributed by atoms with Gasteiger partial charge in [0.15, 0.2) is 0 Å². The van der Waals surface area contributed by atoms with Crippen LogP contribution in [0.4, 0.5) is 0 Å². The summed E-state index contributed by atoms with van der Waals surface area (Å²) in [7, 11) is 1.57. The Labute approximate surface area is 193 Å². The number of amides is 1. The van der Waals surface area contributed by atoms with Crippen LogP contribution in [0.5, 0.6) is 5.75 Å². The molecule has 2 fully saturated rings. The number of nitrogens with zero attached hydrogens (tertiary/aromatic N) is 3. The van der Waals surface area contributed by atoms with Crippen LogP contribution in [0.25, 0.3) is 5.76 Å². The molecular weight excluding hydrogens is 422 g/mol. The SMILES string of the molecule is COc1ccc(/C(O)=C2/C(=O)C(=O)N(CCCN3CCOCC3)C2c2cccnc2)c(C)c1. The molecule has 1 atom stereocenters. The van der Waals surface area contributed by atoms with E-state index in [9.17, 15) is 14.7 Å². The van der Waals surface area contributed by atoms with Crippen LogP contribution in [0.2, 0.25) is 0 Å². The van der Waals surface area contributed by atoms with Crippen molar-refractivity contribution in [2.24, 2.45) is 0 Å². The zero-order valence-electron chi connectivity index (χ0n) is 19.0. The van der Waals surface area contributed by atoms with Gasteiger partial charge in [0.25, 0.3) is 11.7 Å². The van der Waals surface area contributed by atoms with Crippen molar-refractivity contribution in [1.82, 2.24) is 14.8 Å². The van der Waals surface area contributed by atoms with Crippen LogP contribution < -0.4 is 4.74 Å². The minimum atomic E-state index is -0.690. The first kappa shape index (κ1) is 22.9. The molecule has 0 bridgehead atoms. The average Bonchev–Trinajstić information content (AvgIpc) is 3.10. The first-order chi connectivity index (χ1) is 16.0. The maximum Gasteiger partial charge on any atom is 0.295 e. The zero-order valence-corrected chi connectivity index (χ0v) is 19.0. The molecule has 2 saturated heterocycles. The van der Waals surface area contributed by atoms with Gasteiger partial charge in [-0.05, 0) is 48.7 Å². The van der Waals surface area contributed by atoms with Crippen LogP contribution in [-0.4, -0.2) is 78.1 Å². The third-order valence-corrected chi connectivity index (χ3v) is 6.21. The number of benzene rings is 1. The number of aliphatic hydroxyl groups excluding tert-OH is 1. The number of ketones is 1. The highest BCUT2D eigenvalue weighted by molar-refractivity contribution is 6.46. The predicted molar refractivity (Wildman–Crippen MR) is 123 cm³/mol. The number of aromatic nitrogens is 1. The van der Waals surface area contributed by atoms with Crippen LogP contribution in [0.15, 0.2) is 48.3 Å². The van der Waals surface area contributed by atoms with Gasteiger partial charge in [0.1, 0.15) is 11.5 Å². The molecule has 0 spiro atoms. The molecule has 33 heavy (non-hydrogen) atoms. The number of hydrogen-bond donors (Lipinski definition) is 1. The summed E-state index contributed by atoms with van der Waals surface area (Å²) in [6.07, 6.45) is 3.99. The van der Waals surface area contributed by atoms with Gasteiger partial charge in [0.05, 0.1) is 31.9 Å². The highest BCUT2D eigenvalue weighted by atomic mass is 16.5. The van der Waals surface area contributed by atoms with Crippen LogP contribution in [0.3, 0.4) is 0 Å². The first-order valence-electron chi connectivity index (χ1n) is 11.1. The molecule has 1 unspecified atom stereocenters. The molecule has 1 amide bonds. The Kier molecular flexibility index (Phi) is 7.05. The van der Waals surface area contributed by atoms with Gasteiger partial charge in [-0.25, -0.2) is 0 Å². The Balaban J connectivity index is 1.67. The number of carbonyl (C=O) groups is 2. The number of morpholine rings is 1. The van der Waals surface area contributed by atoms with Crippen LogP contribution in [-0.2, 0) is 14.3 Å². The van der Waals surface area contributed by atoms with Gasteiger partial charge in [-0.3, -0.25) is 19.5 Å². The van der Waals surface area contributed by atoms with Crippen LogP contribution in [0.1, 0.15) is 29.2 Å². The molecule has 0 radical (unpaired) electrons. The monoisotopic (exact) mass is 451 g/mol. The van der Waals surface area contributed by atoms with Crippen molar-refractivity contribution >= 4 is 17.4 Å². The summed E-state index contributed by atoms with van der Waals surface area (Å²) in [5, 5.41) is 11.2. The Morgan fingerprint density at radius 2 is 2.00 bits per heavy atom. The molecule has 0 saturated carbocycles. The summed E-state index contributed by atoms with van der Waals surface area (Å²) in [6.45, 7) is 6.19. The zero-order chi connectivity index (χ0) is 23.4. The summed E-state index contributed by atoms with van der Waals surface area (Å²) in [5.41, 5.74) is 2.02. The second-order valence-corrected chi connectivity index (χ2v) is 8.27. The molecule has 0 aliphatic carbocycles. The van der Waals surface area contributed by atoms with E-state index in [0.29, 0.717) is 43.1 Å². The minimum Gasteiger partial charge on any atom is -0.507 e.